The van der Waals surface area contributed by atoms with Gasteiger partial charge in [0, 0.05) is 41.3 Å². The first-order valence-corrected chi connectivity index (χ1v) is 9.00. The van der Waals surface area contributed by atoms with E-state index in [9.17, 15) is 9.59 Å². The van der Waals surface area contributed by atoms with Crippen molar-refractivity contribution in [2.75, 3.05) is 5.32 Å². The third-order valence-corrected chi connectivity index (χ3v) is 4.26. The van der Waals surface area contributed by atoms with Crippen LogP contribution in [0.1, 0.15) is 21.5 Å². The first-order valence-electron chi connectivity index (χ1n) is 8.62. The van der Waals surface area contributed by atoms with E-state index in [1.54, 1.807) is 42.7 Å². The highest BCUT2D eigenvalue weighted by Crippen LogP contribution is 2.16. The highest BCUT2D eigenvalue weighted by Gasteiger charge is 2.06. The summed E-state index contributed by atoms with van der Waals surface area (Å²) in [5.41, 5.74) is 2.82. The first kappa shape index (κ1) is 19.3. The molecule has 2 N–H and O–H groups in total. The predicted molar refractivity (Wildman–Crippen MR) is 111 cm³/mol. The van der Waals surface area contributed by atoms with Crippen molar-refractivity contribution in [2.24, 2.45) is 0 Å². The van der Waals surface area contributed by atoms with Gasteiger partial charge < -0.3 is 10.6 Å². The molecule has 0 spiro atoms. The fourth-order valence-electron chi connectivity index (χ4n) is 2.49. The minimum absolute atomic E-state index is 0.216. The van der Waals surface area contributed by atoms with Gasteiger partial charge in [-0.1, -0.05) is 41.9 Å². The highest BCUT2D eigenvalue weighted by molar-refractivity contribution is 6.32. The van der Waals surface area contributed by atoms with Crippen LogP contribution in [0.3, 0.4) is 0 Å². The molecule has 2 aromatic carbocycles. The average molecular weight is 392 g/mol. The zero-order chi connectivity index (χ0) is 19.8. The van der Waals surface area contributed by atoms with E-state index < -0.39 is 0 Å². The van der Waals surface area contributed by atoms with Crippen LogP contribution in [-0.2, 0) is 11.3 Å². The van der Waals surface area contributed by atoms with Gasteiger partial charge in [0.15, 0.2) is 0 Å². The molecule has 1 heterocycles. The van der Waals surface area contributed by atoms with E-state index in [4.69, 9.17) is 11.6 Å². The lowest BCUT2D eigenvalue weighted by molar-refractivity contribution is -0.116. The smallest absolute Gasteiger partial charge is 0.255 e. The van der Waals surface area contributed by atoms with Gasteiger partial charge in [-0.2, -0.15) is 0 Å². The Labute approximate surface area is 168 Å². The van der Waals surface area contributed by atoms with E-state index in [0.717, 1.165) is 11.1 Å². The standard InChI is InChI=1S/C22H18ClN3O2/c23-20-7-2-1-5-17(20)8-9-21(27)25-15-16-4-3-6-19(14-16)26-22(28)18-10-12-24-13-11-18/h1-14H,15H2,(H,25,27)(H,26,28)/b9-8+. The number of pyridine rings is 1. The monoisotopic (exact) mass is 391 g/mol. The SMILES string of the molecule is O=C(/C=C/c1ccccc1Cl)NCc1cccc(NC(=O)c2ccncc2)c1. The van der Waals surface area contributed by atoms with Crippen molar-refractivity contribution >= 4 is 35.2 Å². The van der Waals surface area contributed by atoms with Crippen molar-refractivity contribution in [3.8, 4) is 0 Å². The van der Waals surface area contributed by atoms with Gasteiger partial charge in [0.05, 0.1) is 0 Å². The molecule has 28 heavy (non-hydrogen) atoms. The van der Waals surface area contributed by atoms with Crippen molar-refractivity contribution in [1.29, 1.82) is 0 Å². The van der Waals surface area contributed by atoms with Gasteiger partial charge in [-0.15, -0.1) is 0 Å². The zero-order valence-electron chi connectivity index (χ0n) is 14.9. The Kier molecular flexibility index (Phi) is 6.54. The molecule has 0 unspecified atom stereocenters. The van der Waals surface area contributed by atoms with Gasteiger partial charge in [-0.05, 0) is 47.5 Å². The topological polar surface area (TPSA) is 71.1 Å². The molecule has 3 rings (SSSR count). The van der Waals surface area contributed by atoms with Gasteiger partial charge in [0.1, 0.15) is 0 Å². The minimum atomic E-state index is -0.230. The lowest BCUT2D eigenvalue weighted by Gasteiger charge is -2.08. The van der Waals surface area contributed by atoms with Gasteiger partial charge in [-0.25, -0.2) is 0 Å². The number of carbonyl (C=O) groups excluding carboxylic acids is 2. The highest BCUT2D eigenvalue weighted by atomic mass is 35.5. The quantitative estimate of drug-likeness (QED) is 0.615. The molecule has 0 bridgehead atoms. The molecule has 3 aromatic rings. The molecule has 5 nitrogen and oxygen atoms in total. The molecule has 2 amide bonds. The van der Waals surface area contributed by atoms with Crippen molar-refractivity contribution in [3.05, 3.63) is 101 Å². The molecular weight excluding hydrogens is 374 g/mol. The van der Waals surface area contributed by atoms with E-state index in [1.165, 1.54) is 6.08 Å². The van der Waals surface area contributed by atoms with Crippen molar-refractivity contribution in [3.63, 3.8) is 0 Å². The Bertz CT molecular complexity index is 1000. The van der Waals surface area contributed by atoms with E-state index in [1.807, 2.05) is 36.4 Å². The third kappa shape index (κ3) is 5.53. The second kappa shape index (κ2) is 9.48. The summed E-state index contributed by atoms with van der Waals surface area (Å²) >= 11 is 6.06. The molecular formula is C22H18ClN3O2. The largest absolute Gasteiger partial charge is 0.348 e. The Morgan fingerprint density at radius 1 is 1.00 bits per heavy atom. The number of anilines is 1. The molecule has 0 aliphatic carbocycles. The molecule has 0 saturated carbocycles. The molecule has 140 valence electrons. The van der Waals surface area contributed by atoms with Crippen LogP contribution < -0.4 is 10.6 Å². The van der Waals surface area contributed by atoms with Gasteiger partial charge in [-0.3, -0.25) is 14.6 Å². The lowest BCUT2D eigenvalue weighted by Crippen LogP contribution is -2.20. The molecule has 0 saturated heterocycles. The summed E-state index contributed by atoms with van der Waals surface area (Å²) in [7, 11) is 0. The number of hydrogen-bond donors (Lipinski definition) is 2. The van der Waals surface area contributed by atoms with Gasteiger partial charge in [0.25, 0.3) is 5.91 Å². The number of benzene rings is 2. The summed E-state index contributed by atoms with van der Waals surface area (Å²) in [6.07, 6.45) is 6.24. The van der Waals surface area contributed by atoms with Gasteiger partial charge >= 0.3 is 0 Å². The van der Waals surface area contributed by atoms with E-state index >= 15 is 0 Å². The number of halogens is 1. The molecule has 0 radical (unpaired) electrons. The summed E-state index contributed by atoms with van der Waals surface area (Å²) in [6, 6.07) is 17.9. The Morgan fingerprint density at radius 3 is 2.57 bits per heavy atom. The molecule has 1 aromatic heterocycles. The molecule has 0 aliphatic heterocycles. The van der Waals surface area contributed by atoms with Crippen LogP contribution in [0.5, 0.6) is 0 Å². The van der Waals surface area contributed by atoms with Crippen LogP contribution in [0.4, 0.5) is 5.69 Å². The molecule has 6 heteroatoms. The van der Waals surface area contributed by atoms with E-state index in [0.29, 0.717) is 22.8 Å². The van der Waals surface area contributed by atoms with Crippen LogP contribution >= 0.6 is 11.6 Å². The van der Waals surface area contributed by atoms with Crippen LogP contribution in [0.2, 0.25) is 5.02 Å². The summed E-state index contributed by atoms with van der Waals surface area (Å²) in [4.78, 5) is 28.1. The summed E-state index contributed by atoms with van der Waals surface area (Å²) in [5, 5.41) is 6.23. The van der Waals surface area contributed by atoms with Crippen LogP contribution in [0.25, 0.3) is 6.08 Å². The van der Waals surface area contributed by atoms with Crippen LogP contribution in [-0.4, -0.2) is 16.8 Å². The maximum Gasteiger partial charge on any atom is 0.255 e. The van der Waals surface area contributed by atoms with E-state index in [2.05, 4.69) is 15.6 Å². The average Bonchev–Trinajstić information content (AvgIpc) is 2.72. The number of nitrogens with one attached hydrogen (secondary N) is 2. The number of amides is 2. The maximum atomic E-state index is 12.2. The molecule has 0 fully saturated rings. The van der Waals surface area contributed by atoms with Crippen molar-refractivity contribution in [2.45, 2.75) is 6.54 Å². The number of nitrogens with zero attached hydrogens (tertiary/aromatic N) is 1. The summed E-state index contributed by atoms with van der Waals surface area (Å²) in [5.74, 6) is -0.447. The number of carbonyl (C=O) groups is 2. The Morgan fingerprint density at radius 2 is 1.79 bits per heavy atom. The normalized spacial score (nSPS) is 10.6. The summed E-state index contributed by atoms with van der Waals surface area (Å²) in [6.45, 7) is 0.338. The third-order valence-electron chi connectivity index (χ3n) is 3.91. The van der Waals surface area contributed by atoms with Gasteiger partial charge in [0.2, 0.25) is 5.91 Å². The fraction of sp³-hybridized carbons (Fsp3) is 0.0455. The van der Waals surface area contributed by atoms with Crippen LogP contribution in [0, 0.1) is 0 Å². The van der Waals surface area contributed by atoms with Crippen molar-refractivity contribution in [1.82, 2.24) is 10.3 Å². The number of aromatic nitrogens is 1. The molecule has 0 atom stereocenters. The maximum absolute atomic E-state index is 12.2. The predicted octanol–water partition coefficient (Wildman–Crippen LogP) is 4.32. The van der Waals surface area contributed by atoms with E-state index in [-0.39, 0.29) is 11.8 Å². The number of rotatable bonds is 6. The zero-order valence-corrected chi connectivity index (χ0v) is 15.7. The Balaban J connectivity index is 1.56. The molecule has 0 aliphatic rings. The fourth-order valence-corrected chi connectivity index (χ4v) is 2.69. The minimum Gasteiger partial charge on any atom is -0.348 e. The second-order valence-corrected chi connectivity index (χ2v) is 6.37. The lowest BCUT2D eigenvalue weighted by atomic mass is 10.2. The number of hydrogen-bond acceptors (Lipinski definition) is 3. The first-order chi connectivity index (χ1) is 13.6. The van der Waals surface area contributed by atoms with Crippen LogP contribution in [0.15, 0.2) is 79.1 Å². The second-order valence-electron chi connectivity index (χ2n) is 5.96. The van der Waals surface area contributed by atoms with Crippen molar-refractivity contribution < 1.29 is 9.59 Å². The summed E-state index contributed by atoms with van der Waals surface area (Å²) < 4.78 is 0. The Hall–Kier alpha value is -3.44.